The van der Waals surface area contributed by atoms with Crippen LogP contribution in [0.3, 0.4) is 0 Å². The standard InChI is InChI=1S/C28H46O/c1-18(2)19(3)10-11-20(4)22-12-13-23-26-24(14-16-28(22,23)6)27(5)15-8-7-9-21(27)17-25(26)29/h17-18,20,22-26,29H,3,7-16H2,1-2,4-6H3/t20-,22-,23+,24+,25+,26+,27+,28-/m1/s1. The average molecular weight is 399 g/mol. The fourth-order valence-electron chi connectivity index (χ4n) is 8.56. The summed E-state index contributed by atoms with van der Waals surface area (Å²) in [6, 6.07) is 0. The molecule has 0 unspecified atom stereocenters. The van der Waals surface area contributed by atoms with Crippen LogP contribution in [0, 0.1) is 46.3 Å². The molecule has 1 nitrogen and oxygen atoms in total. The lowest BCUT2D eigenvalue weighted by atomic mass is 9.46. The van der Waals surface area contributed by atoms with E-state index in [1.54, 1.807) is 5.57 Å². The van der Waals surface area contributed by atoms with E-state index < -0.39 is 0 Å². The zero-order valence-electron chi connectivity index (χ0n) is 19.8. The van der Waals surface area contributed by atoms with Crippen LogP contribution in [0.1, 0.15) is 98.8 Å². The first kappa shape index (κ1) is 21.7. The first-order valence-electron chi connectivity index (χ1n) is 12.8. The lowest BCUT2D eigenvalue weighted by Crippen LogP contribution is -2.54. The summed E-state index contributed by atoms with van der Waals surface area (Å²) >= 11 is 0. The van der Waals surface area contributed by atoms with Gasteiger partial charge in [-0.05, 0) is 104 Å². The highest BCUT2D eigenvalue weighted by Crippen LogP contribution is 2.67. The minimum absolute atomic E-state index is 0.194. The predicted octanol–water partition coefficient (Wildman–Crippen LogP) is 7.55. The van der Waals surface area contributed by atoms with E-state index in [4.69, 9.17) is 0 Å². The van der Waals surface area contributed by atoms with E-state index >= 15 is 0 Å². The van der Waals surface area contributed by atoms with Gasteiger partial charge >= 0.3 is 0 Å². The molecule has 0 spiro atoms. The Kier molecular flexibility index (Phi) is 5.86. The molecular formula is C28H46O. The van der Waals surface area contributed by atoms with Gasteiger partial charge in [0.1, 0.15) is 0 Å². The third kappa shape index (κ3) is 3.48. The normalized spacial score (nSPS) is 45.2. The summed E-state index contributed by atoms with van der Waals surface area (Å²) in [7, 11) is 0. The van der Waals surface area contributed by atoms with E-state index in [1.807, 2.05) is 0 Å². The van der Waals surface area contributed by atoms with E-state index in [0.29, 0.717) is 34.5 Å². The van der Waals surface area contributed by atoms with Crippen LogP contribution in [-0.2, 0) is 0 Å². The van der Waals surface area contributed by atoms with Crippen molar-refractivity contribution < 1.29 is 5.11 Å². The molecule has 29 heavy (non-hydrogen) atoms. The Balaban J connectivity index is 1.53. The van der Waals surface area contributed by atoms with Crippen LogP contribution < -0.4 is 0 Å². The Morgan fingerprint density at radius 3 is 2.59 bits per heavy atom. The molecule has 3 saturated carbocycles. The Labute approximate surface area is 180 Å². The van der Waals surface area contributed by atoms with Gasteiger partial charge in [0.2, 0.25) is 0 Å². The lowest BCUT2D eigenvalue weighted by Gasteiger charge is -2.59. The maximum absolute atomic E-state index is 11.3. The maximum Gasteiger partial charge on any atom is 0.0757 e. The van der Waals surface area contributed by atoms with Crippen molar-refractivity contribution in [2.45, 2.75) is 105 Å². The lowest BCUT2D eigenvalue weighted by molar-refractivity contribution is -0.0921. The van der Waals surface area contributed by atoms with Crippen molar-refractivity contribution in [2.24, 2.45) is 46.3 Å². The maximum atomic E-state index is 11.3. The highest BCUT2D eigenvalue weighted by Gasteiger charge is 2.60. The number of rotatable bonds is 5. The Hall–Kier alpha value is -0.560. The molecule has 4 aliphatic carbocycles. The SMILES string of the molecule is C=C(CC[C@@H](C)[C@H]1CC[C@H]2[C@@H]3[C@@H](O)C=C4CCCC[C@]4(C)[C@H]3CC[C@]12C)C(C)C. The van der Waals surface area contributed by atoms with Crippen molar-refractivity contribution in [2.75, 3.05) is 0 Å². The highest BCUT2D eigenvalue weighted by molar-refractivity contribution is 5.27. The third-order valence-corrected chi connectivity index (χ3v) is 10.5. The van der Waals surface area contributed by atoms with Crippen molar-refractivity contribution in [3.8, 4) is 0 Å². The molecule has 0 aromatic rings. The molecule has 0 radical (unpaired) electrons. The minimum Gasteiger partial charge on any atom is -0.389 e. The van der Waals surface area contributed by atoms with Gasteiger partial charge < -0.3 is 5.11 Å². The van der Waals surface area contributed by atoms with Crippen molar-refractivity contribution in [1.29, 1.82) is 0 Å². The van der Waals surface area contributed by atoms with Crippen LogP contribution in [0.15, 0.2) is 23.8 Å². The molecule has 4 aliphatic rings. The summed E-state index contributed by atoms with van der Waals surface area (Å²) in [4.78, 5) is 0. The average Bonchev–Trinajstić information content (AvgIpc) is 3.03. The van der Waals surface area contributed by atoms with Crippen LogP contribution in [0.5, 0.6) is 0 Å². The smallest absolute Gasteiger partial charge is 0.0757 e. The van der Waals surface area contributed by atoms with Gasteiger partial charge in [-0.15, -0.1) is 0 Å². The summed E-state index contributed by atoms with van der Waals surface area (Å²) in [5.41, 5.74) is 3.83. The first-order chi connectivity index (χ1) is 13.7. The Bertz CT molecular complexity index is 659. The van der Waals surface area contributed by atoms with E-state index in [1.165, 1.54) is 69.8 Å². The number of aliphatic hydroxyl groups excluding tert-OH is 1. The first-order valence-corrected chi connectivity index (χ1v) is 12.8. The van der Waals surface area contributed by atoms with Crippen molar-refractivity contribution in [3.05, 3.63) is 23.8 Å². The van der Waals surface area contributed by atoms with Gasteiger partial charge in [0.15, 0.2) is 0 Å². The van der Waals surface area contributed by atoms with Gasteiger partial charge in [0.25, 0.3) is 0 Å². The molecule has 0 amide bonds. The number of fused-ring (bicyclic) bond motifs is 5. The van der Waals surface area contributed by atoms with E-state index in [-0.39, 0.29) is 6.10 Å². The molecule has 0 bridgehead atoms. The van der Waals surface area contributed by atoms with Gasteiger partial charge in [0, 0.05) is 0 Å². The predicted molar refractivity (Wildman–Crippen MR) is 124 cm³/mol. The summed E-state index contributed by atoms with van der Waals surface area (Å²) in [5, 5.41) is 11.3. The monoisotopic (exact) mass is 398 g/mol. The molecule has 1 N–H and O–H groups in total. The van der Waals surface area contributed by atoms with Gasteiger partial charge in [-0.3, -0.25) is 0 Å². The number of aliphatic hydroxyl groups is 1. The summed E-state index contributed by atoms with van der Waals surface area (Å²) in [5.74, 6) is 4.14. The minimum atomic E-state index is -0.194. The van der Waals surface area contributed by atoms with Crippen LogP contribution >= 0.6 is 0 Å². The van der Waals surface area contributed by atoms with Crippen molar-refractivity contribution in [1.82, 2.24) is 0 Å². The van der Waals surface area contributed by atoms with E-state index in [9.17, 15) is 5.11 Å². The summed E-state index contributed by atoms with van der Waals surface area (Å²) in [6.45, 7) is 16.5. The number of allylic oxidation sites excluding steroid dienone is 2. The zero-order chi connectivity index (χ0) is 21.0. The van der Waals surface area contributed by atoms with Crippen LogP contribution in [-0.4, -0.2) is 11.2 Å². The molecule has 0 aromatic heterocycles. The Morgan fingerprint density at radius 1 is 1.10 bits per heavy atom. The van der Waals surface area contributed by atoms with Gasteiger partial charge in [-0.2, -0.15) is 0 Å². The van der Waals surface area contributed by atoms with E-state index in [0.717, 1.165) is 11.8 Å². The fourth-order valence-corrected chi connectivity index (χ4v) is 8.56. The van der Waals surface area contributed by atoms with Gasteiger partial charge in [-0.25, -0.2) is 0 Å². The summed E-state index contributed by atoms with van der Waals surface area (Å²) in [6.07, 6.45) is 15.4. The molecule has 0 aromatic carbocycles. The molecule has 8 atom stereocenters. The quantitative estimate of drug-likeness (QED) is 0.474. The second-order valence-corrected chi connectivity index (χ2v) is 12.2. The molecule has 0 heterocycles. The van der Waals surface area contributed by atoms with Crippen LogP contribution in [0.2, 0.25) is 0 Å². The van der Waals surface area contributed by atoms with Crippen molar-refractivity contribution >= 4 is 0 Å². The topological polar surface area (TPSA) is 20.2 Å². The fraction of sp³-hybridized carbons (Fsp3) is 0.857. The molecule has 3 fully saturated rings. The van der Waals surface area contributed by atoms with Crippen molar-refractivity contribution in [3.63, 3.8) is 0 Å². The second kappa shape index (κ2) is 7.85. The highest BCUT2D eigenvalue weighted by atomic mass is 16.3. The molecule has 164 valence electrons. The van der Waals surface area contributed by atoms with Crippen LogP contribution in [0.4, 0.5) is 0 Å². The Morgan fingerprint density at radius 2 is 1.86 bits per heavy atom. The van der Waals surface area contributed by atoms with Gasteiger partial charge in [0.05, 0.1) is 6.10 Å². The molecule has 0 saturated heterocycles. The summed E-state index contributed by atoms with van der Waals surface area (Å²) < 4.78 is 0. The molecular weight excluding hydrogens is 352 g/mol. The zero-order valence-corrected chi connectivity index (χ0v) is 19.8. The third-order valence-electron chi connectivity index (χ3n) is 10.5. The second-order valence-electron chi connectivity index (χ2n) is 12.2. The molecule has 4 rings (SSSR count). The largest absolute Gasteiger partial charge is 0.389 e. The van der Waals surface area contributed by atoms with Gasteiger partial charge in [-0.1, -0.05) is 64.8 Å². The van der Waals surface area contributed by atoms with E-state index in [2.05, 4.69) is 47.3 Å². The molecule has 1 heteroatoms. The number of hydrogen-bond donors (Lipinski definition) is 1. The van der Waals surface area contributed by atoms with Crippen LogP contribution in [0.25, 0.3) is 0 Å². The number of hydrogen-bond acceptors (Lipinski definition) is 1. The molecule has 0 aliphatic heterocycles.